The maximum absolute atomic E-state index is 14.1. The monoisotopic (exact) mass is 288 g/mol. The van der Waals surface area contributed by atoms with Gasteiger partial charge in [0.2, 0.25) is 0 Å². The number of thiocarbonyl (C=S) groups is 1. The Labute approximate surface area is 123 Å². The van der Waals surface area contributed by atoms with Crippen LogP contribution >= 0.6 is 12.2 Å². The second-order valence-electron chi connectivity index (χ2n) is 4.96. The van der Waals surface area contributed by atoms with E-state index in [0.717, 1.165) is 16.8 Å². The third-order valence-electron chi connectivity index (χ3n) is 3.19. The first-order valence-corrected chi connectivity index (χ1v) is 6.73. The summed E-state index contributed by atoms with van der Waals surface area (Å²) in [6, 6.07) is 8.85. The van der Waals surface area contributed by atoms with Gasteiger partial charge in [-0.3, -0.25) is 0 Å². The Morgan fingerprint density at radius 3 is 2.20 bits per heavy atom. The number of nitrogens with one attached hydrogen (secondary N) is 1. The molecular weight excluding hydrogens is 271 g/mol. The first-order chi connectivity index (χ1) is 9.38. The second kappa shape index (κ2) is 5.59. The third kappa shape index (κ3) is 2.96. The average Bonchev–Trinajstić information content (AvgIpc) is 2.34. The molecule has 0 amide bonds. The van der Waals surface area contributed by atoms with Gasteiger partial charge in [-0.15, -0.1) is 0 Å². The van der Waals surface area contributed by atoms with Crippen molar-refractivity contribution in [2.45, 2.75) is 20.8 Å². The lowest BCUT2D eigenvalue weighted by Crippen LogP contribution is -2.10. The van der Waals surface area contributed by atoms with Crippen molar-refractivity contribution in [1.82, 2.24) is 0 Å². The zero-order valence-corrected chi connectivity index (χ0v) is 12.6. The van der Waals surface area contributed by atoms with Gasteiger partial charge in [0.1, 0.15) is 10.8 Å². The van der Waals surface area contributed by atoms with E-state index in [4.69, 9.17) is 18.0 Å². The molecule has 0 fully saturated rings. The Bertz CT molecular complexity index is 657. The molecule has 2 nitrogen and oxygen atoms in total. The maximum atomic E-state index is 14.1. The summed E-state index contributed by atoms with van der Waals surface area (Å²) in [5.41, 5.74) is 10.7. The van der Waals surface area contributed by atoms with Gasteiger partial charge < -0.3 is 11.1 Å². The molecular formula is C16H17FN2S. The van der Waals surface area contributed by atoms with E-state index in [1.807, 2.05) is 20.8 Å². The van der Waals surface area contributed by atoms with Gasteiger partial charge in [0.05, 0.1) is 5.69 Å². The molecule has 2 aromatic rings. The molecule has 20 heavy (non-hydrogen) atoms. The molecule has 0 aromatic heterocycles. The molecule has 104 valence electrons. The van der Waals surface area contributed by atoms with Gasteiger partial charge in [0.25, 0.3) is 0 Å². The van der Waals surface area contributed by atoms with Crippen LogP contribution in [0.3, 0.4) is 0 Å². The van der Waals surface area contributed by atoms with E-state index < -0.39 is 0 Å². The Hall–Kier alpha value is -1.94. The molecule has 0 aliphatic carbocycles. The van der Waals surface area contributed by atoms with Gasteiger partial charge in [-0.05, 0) is 50.1 Å². The van der Waals surface area contributed by atoms with Crippen molar-refractivity contribution in [1.29, 1.82) is 0 Å². The standard InChI is InChI=1S/C16H17FN2S/c1-9-6-10(2)15(11(3)7-9)19-14-5-4-12(16(18)20)8-13(14)17/h4-8,19H,1-3H3,(H2,18,20). The normalized spacial score (nSPS) is 10.4. The third-order valence-corrected chi connectivity index (χ3v) is 3.43. The fourth-order valence-electron chi connectivity index (χ4n) is 2.28. The minimum atomic E-state index is -0.366. The molecule has 0 heterocycles. The van der Waals surface area contributed by atoms with Gasteiger partial charge in [-0.2, -0.15) is 0 Å². The summed E-state index contributed by atoms with van der Waals surface area (Å²) < 4.78 is 14.1. The van der Waals surface area contributed by atoms with E-state index >= 15 is 0 Å². The highest BCUT2D eigenvalue weighted by Crippen LogP contribution is 2.27. The topological polar surface area (TPSA) is 38.0 Å². The van der Waals surface area contributed by atoms with Crippen LogP contribution in [0.5, 0.6) is 0 Å². The predicted octanol–water partition coefficient (Wildman–Crippen LogP) is 4.13. The minimum Gasteiger partial charge on any atom is -0.389 e. The lowest BCUT2D eigenvalue weighted by Gasteiger charge is -2.15. The molecule has 0 saturated heterocycles. The second-order valence-corrected chi connectivity index (χ2v) is 5.40. The van der Waals surface area contributed by atoms with Crippen molar-refractivity contribution in [2.75, 3.05) is 5.32 Å². The van der Waals surface area contributed by atoms with Crippen molar-refractivity contribution >= 4 is 28.6 Å². The van der Waals surface area contributed by atoms with Crippen molar-refractivity contribution in [3.8, 4) is 0 Å². The Balaban J connectivity index is 2.38. The SMILES string of the molecule is Cc1cc(C)c(Nc2ccc(C(N)=S)cc2F)c(C)c1. The van der Waals surface area contributed by atoms with Crippen LogP contribution in [-0.4, -0.2) is 4.99 Å². The van der Waals surface area contributed by atoms with E-state index in [1.54, 1.807) is 12.1 Å². The number of anilines is 2. The highest BCUT2D eigenvalue weighted by atomic mass is 32.1. The number of rotatable bonds is 3. The summed E-state index contributed by atoms with van der Waals surface area (Å²) in [6.45, 7) is 6.05. The molecule has 0 radical (unpaired) electrons. The molecule has 0 aliphatic heterocycles. The van der Waals surface area contributed by atoms with Crippen LogP contribution < -0.4 is 11.1 Å². The summed E-state index contributed by atoms with van der Waals surface area (Å²) in [6.07, 6.45) is 0. The maximum Gasteiger partial charge on any atom is 0.147 e. The first-order valence-electron chi connectivity index (χ1n) is 6.32. The average molecular weight is 288 g/mol. The van der Waals surface area contributed by atoms with Crippen molar-refractivity contribution in [2.24, 2.45) is 5.73 Å². The quantitative estimate of drug-likeness (QED) is 0.834. The highest BCUT2D eigenvalue weighted by molar-refractivity contribution is 7.80. The van der Waals surface area contributed by atoms with E-state index in [9.17, 15) is 4.39 Å². The largest absolute Gasteiger partial charge is 0.389 e. The Morgan fingerprint density at radius 2 is 1.70 bits per heavy atom. The molecule has 0 spiro atoms. The van der Waals surface area contributed by atoms with Crippen LogP contribution in [-0.2, 0) is 0 Å². The number of halogens is 1. The van der Waals surface area contributed by atoms with Gasteiger partial charge >= 0.3 is 0 Å². The summed E-state index contributed by atoms with van der Waals surface area (Å²) in [5.74, 6) is -0.366. The van der Waals surface area contributed by atoms with Gasteiger partial charge in [0, 0.05) is 11.3 Å². The van der Waals surface area contributed by atoms with Crippen LogP contribution in [0.25, 0.3) is 0 Å². The molecule has 0 saturated carbocycles. The summed E-state index contributed by atoms with van der Waals surface area (Å²) in [5, 5.41) is 3.14. The van der Waals surface area contributed by atoms with Crippen LogP contribution in [0, 0.1) is 26.6 Å². The molecule has 4 heteroatoms. The van der Waals surface area contributed by atoms with Crippen molar-refractivity contribution in [3.05, 3.63) is 58.4 Å². The number of benzene rings is 2. The number of hydrogen-bond donors (Lipinski definition) is 2. The van der Waals surface area contributed by atoms with Gasteiger partial charge in [-0.25, -0.2) is 4.39 Å². The molecule has 2 rings (SSSR count). The number of aryl methyl sites for hydroxylation is 3. The van der Waals surface area contributed by atoms with E-state index in [-0.39, 0.29) is 10.8 Å². The molecule has 0 aliphatic rings. The zero-order valence-electron chi connectivity index (χ0n) is 11.8. The predicted molar refractivity (Wildman–Crippen MR) is 86.2 cm³/mol. The molecule has 0 unspecified atom stereocenters. The molecule has 0 atom stereocenters. The highest BCUT2D eigenvalue weighted by Gasteiger charge is 2.09. The fourth-order valence-corrected chi connectivity index (χ4v) is 2.41. The van der Waals surface area contributed by atoms with Crippen LogP contribution in [0.2, 0.25) is 0 Å². The minimum absolute atomic E-state index is 0.193. The molecule has 3 N–H and O–H groups in total. The summed E-state index contributed by atoms with van der Waals surface area (Å²) >= 11 is 4.84. The smallest absolute Gasteiger partial charge is 0.147 e. The number of hydrogen-bond acceptors (Lipinski definition) is 2. The summed E-state index contributed by atoms with van der Waals surface area (Å²) in [4.78, 5) is 0.193. The van der Waals surface area contributed by atoms with Crippen molar-refractivity contribution < 1.29 is 4.39 Å². The van der Waals surface area contributed by atoms with E-state index in [2.05, 4.69) is 17.4 Å². The van der Waals surface area contributed by atoms with Crippen LogP contribution in [0.4, 0.5) is 15.8 Å². The van der Waals surface area contributed by atoms with Crippen molar-refractivity contribution in [3.63, 3.8) is 0 Å². The zero-order chi connectivity index (χ0) is 14.9. The lowest BCUT2D eigenvalue weighted by molar-refractivity contribution is 0.631. The van der Waals surface area contributed by atoms with Crippen LogP contribution in [0.15, 0.2) is 30.3 Å². The molecule has 0 bridgehead atoms. The summed E-state index contributed by atoms with van der Waals surface area (Å²) in [7, 11) is 0. The fraction of sp³-hybridized carbons (Fsp3) is 0.188. The van der Waals surface area contributed by atoms with Gasteiger partial charge in [-0.1, -0.05) is 29.9 Å². The molecule has 2 aromatic carbocycles. The van der Waals surface area contributed by atoms with Crippen LogP contribution in [0.1, 0.15) is 22.3 Å². The van der Waals surface area contributed by atoms with E-state index in [1.165, 1.54) is 11.6 Å². The first kappa shape index (κ1) is 14.5. The Morgan fingerprint density at radius 1 is 1.10 bits per heavy atom. The number of nitrogens with two attached hydrogens (primary N) is 1. The Kier molecular flexibility index (Phi) is 4.04. The van der Waals surface area contributed by atoms with E-state index in [0.29, 0.717) is 11.3 Å². The van der Waals surface area contributed by atoms with Gasteiger partial charge in [0.15, 0.2) is 0 Å². The lowest BCUT2D eigenvalue weighted by atomic mass is 10.0.